The zero-order valence-electron chi connectivity index (χ0n) is 14.1. The summed E-state index contributed by atoms with van der Waals surface area (Å²) < 4.78 is 7.65. The summed E-state index contributed by atoms with van der Waals surface area (Å²) in [5, 5.41) is 8.93. The van der Waals surface area contributed by atoms with Gasteiger partial charge in [-0.3, -0.25) is 0 Å². The van der Waals surface area contributed by atoms with Gasteiger partial charge in [-0.05, 0) is 47.5 Å². The first-order chi connectivity index (χ1) is 12.5. The number of methoxy groups -OCH3 is 1. The van der Waals surface area contributed by atoms with Crippen molar-refractivity contribution < 1.29 is 9.53 Å². The van der Waals surface area contributed by atoms with E-state index in [0.29, 0.717) is 23.5 Å². The molecule has 5 nitrogen and oxygen atoms in total. The molecule has 6 heteroatoms. The van der Waals surface area contributed by atoms with E-state index in [9.17, 15) is 4.79 Å². The van der Waals surface area contributed by atoms with E-state index in [2.05, 4.69) is 22.0 Å². The monoisotopic (exact) mass is 409 g/mol. The number of nitrogen functional groups attached to an aromatic ring is 1. The van der Waals surface area contributed by atoms with Crippen molar-refractivity contribution in [3.63, 3.8) is 0 Å². The fourth-order valence-corrected chi connectivity index (χ4v) is 3.11. The minimum absolute atomic E-state index is 0.418. The molecule has 1 heterocycles. The maximum Gasteiger partial charge on any atom is 0.354 e. The Morgan fingerprint density at radius 2 is 1.92 bits per heavy atom. The number of carbonyl (C=O) groups is 1. The first kappa shape index (κ1) is 17.8. The molecule has 1 aromatic heterocycles. The van der Waals surface area contributed by atoms with Gasteiger partial charge in [0, 0.05) is 28.5 Å². The summed E-state index contributed by atoms with van der Waals surface area (Å²) in [5.41, 5.74) is 10.4. The summed E-state index contributed by atoms with van der Waals surface area (Å²) in [5.74, 6) is -0.418. The highest BCUT2D eigenvalue weighted by Crippen LogP contribution is 2.26. The lowest BCUT2D eigenvalue weighted by Crippen LogP contribution is -2.11. The van der Waals surface area contributed by atoms with Gasteiger partial charge < -0.3 is 15.0 Å². The van der Waals surface area contributed by atoms with Crippen LogP contribution in [0, 0.1) is 11.3 Å². The molecule has 0 saturated carbocycles. The van der Waals surface area contributed by atoms with E-state index in [-0.39, 0.29) is 0 Å². The predicted molar refractivity (Wildman–Crippen MR) is 104 cm³/mol. The van der Waals surface area contributed by atoms with Crippen LogP contribution in [0.15, 0.2) is 59.2 Å². The third-order valence-corrected chi connectivity index (χ3v) is 4.58. The number of benzene rings is 2. The molecule has 0 spiro atoms. The third-order valence-electron chi connectivity index (χ3n) is 4.08. The molecular formula is C20H16BrN3O2. The average Bonchev–Trinajstić information content (AvgIpc) is 3.08. The Morgan fingerprint density at radius 1 is 1.19 bits per heavy atom. The molecule has 0 saturated heterocycles. The summed E-state index contributed by atoms with van der Waals surface area (Å²) in [6.45, 7) is 0.436. The fourth-order valence-electron chi connectivity index (χ4n) is 2.71. The van der Waals surface area contributed by atoms with Crippen molar-refractivity contribution in [1.82, 2.24) is 4.57 Å². The van der Waals surface area contributed by atoms with E-state index < -0.39 is 5.97 Å². The molecule has 2 aromatic carbocycles. The Labute approximate surface area is 159 Å². The molecule has 0 aliphatic rings. The summed E-state index contributed by atoms with van der Waals surface area (Å²) in [7, 11) is 1.36. The van der Waals surface area contributed by atoms with Crippen molar-refractivity contribution in [3.05, 3.63) is 76.0 Å². The van der Waals surface area contributed by atoms with Gasteiger partial charge in [-0.2, -0.15) is 5.26 Å². The largest absolute Gasteiger partial charge is 0.464 e. The van der Waals surface area contributed by atoms with Crippen molar-refractivity contribution in [2.45, 2.75) is 6.54 Å². The van der Waals surface area contributed by atoms with Crippen LogP contribution < -0.4 is 5.73 Å². The van der Waals surface area contributed by atoms with Crippen LogP contribution in [0.25, 0.3) is 11.1 Å². The standard InChI is InChI=1S/C20H16BrN3O2/c1-26-20(25)19-9-15(14-4-2-13(10-22)3-5-14)11-24(19)12-16-8-17(21)6-7-18(16)23/h2-9,11H,12,23H2,1H3. The highest BCUT2D eigenvalue weighted by atomic mass is 79.9. The second-order valence-corrected chi connectivity index (χ2v) is 6.68. The number of ether oxygens (including phenoxy) is 1. The Kier molecular flexibility index (Phi) is 5.10. The lowest BCUT2D eigenvalue weighted by molar-refractivity contribution is 0.0589. The Bertz CT molecular complexity index is 1000. The quantitative estimate of drug-likeness (QED) is 0.516. The fraction of sp³-hybridized carbons (Fsp3) is 0.100. The molecular weight excluding hydrogens is 394 g/mol. The van der Waals surface area contributed by atoms with Gasteiger partial charge in [0.25, 0.3) is 0 Å². The molecule has 0 amide bonds. The number of nitrogens with zero attached hydrogens (tertiary/aromatic N) is 2. The molecule has 26 heavy (non-hydrogen) atoms. The highest BCUT2D eigenvalue weighted by molar-refractivity contribution is 9.10. The Balaban J connectivity index is 2.03. The molecule has 0 aliphatic carbocycles. The van der Waals surface area contributed by atoms with Crippen molar-refractivity contribution in [1.29, 1.82) is 5.26 Å². The predicted octanol–water partition coefficient (Wildman–Crippen LogP) is 4.21. The minimum atomic E-state index is -0.418. The van der Waals surface area contributed by atoms with Gasteiger partial charge >= 0.3 is 5.97 Å². The highest BCUT2D eigenvalue weighted by Gasteiger charge is 2.16. The molecule has 0 aliphatic heterocycles. The SMILES string of the molecule is COC(=O)c1cc(-c2ccc(C#N)cc2)cn1Cc1cc(Br)ccc1N. The average molecular weight is 410 g/mol. The number of carbonyl (C=O) groups excluding carboxylic acids is 1. The second-order valence-electron chi connectivity index (χ2n) is 5.77. The van der Waals surface area contributed by atoms with E-state index in [0.717, 1.165) is 21.2 Å². The summed E-state index contributed by atoms with van der Waals surface area (Å²) in [6, 6.07) is 16.7. The van der Waals surface area contributed by atoms with E-state index in [1.54, 1.807) is 18.2 Å². The topological polar surface area (TPSA) is 81.0 Å². The number of halogens is 1. The summed E-state index contributed by atoms with van der Waals surface area (Å²) in [4.78, 5) is 12.2. The van der Waals surface area contributed by atoms with Crippen LogP contribution in [0.2, 0.25) is 0 Å². The van der Waals surface area contributed by atoms with Crippen LogP contribution in [0.4, 0.5) is 5.69 Å². The van der Waals surface area contributed by atoms with Gasteiger partial charge in [0.15, 0.2) is 0 Å². The minimum Gasteiger partial charge on any atom is -0.464 e. The van der Waals surface area contributed by atoms with E-state index in [1.165, 1.54) is 7.11 Å². The normalized spacial score (nSPS) is 10.3. The number of hydrogen-bond donors (Lipinski definition) is 1. The smallest absolute Gasteiger partial charge is 0.354 e. The van der Waals surface area contributed by atoms with Crippen LogP contribution in [0.1, 0.15) is 21.6 Å². The number of rotatable bonds is 4. The maximum atomic E-state index is 12.2. The van der Waals surface area contributed by atoms with Gasteiger partial charge in [0.05, 0.1) is 18.7 Å². The van der Waals surface area contributed by atoms with E-state index in [4.69, 9.17) is 15.7 Å². The molecule has 0 unspecified atom stereocenters. The first-order valence-electron chi connectivity index (χ1n) is 7.84. The van der Waals surface area contributed by atoms with E-state index >= 15 is 0 Å². The number of nitriles is 1. The Morgan fingerprint density at radius 3 is 2.58 bits per heavy atom. The van der Waals surface area contributed by atoms with Crippen molar-refractivity contribution in [2.24, 2.45) is 0 Å². The molecule has 2 N–H and O–H groups in total. The number of esters is 1. The Hall–Kier alpha value is -3.04. The van der Waals surface area contributed by atoms with Crippen LogP contribution in [-0.2, 0) is 11.3 Å². The third kappa shape index (κ3) is 3.63. The zero-order chi connectivity index (χ0) is 18.7. The molecule has 0 radical (unpaired) electrons. The van der Waals surface area contributed by atoms with Crippen molar-refractivity contribution >= 4 is 27.6 Å². The van der Waals surface area contributed by atoms with Gasteiger partial charge in [-0.1, -0.05) is 28.1 Å². The summed E-state index contributed by atoms with van der Waals surface area (Å²) >= 11 is 3.44. The zero-order valence-corrected chi connectivity index (χ0v) is 15.7. The number of hydrogen-bond acceptors (Lipinski definition) is 4. The molecule has 130 valence electrons. The lowest BCUT2D eigenvalue weighted by atomic mass is 10.1. The van der Waals surface area contributed by atoms with Gasteiger partial charge in [-0.15, -0.1) is 0 Å². The van der Waals surface area contributed by atoms with Crippen LogP contribution >= 0.6 is 15.9 Å². The van der Waals surface area contributed by atoms with Crippen LogP contribution in [0.3, 0.4) is 0 Å². The van der Waals surface area contributed by atoms with Crippen molar-refractivity contribution in [3.8, 4) is 17.2 Å². The molecule has 0 fully saturated rings. The second kappa shape index (κ2) is 7.46. The number of anilines is 1. The van der Waals surface area contributed by atoms with Crippen molar-refractivity contribution in [2.75, 3.05) is 12.8 Å². The van der Waals surface area contributed by atoms with Gasteiger partial charge in [-0.25, -0.2) is 4.79 Å². The molecule has 0 atom stereocenters. The van der Waals surface area contributed by atoms with Crippen LogP contribution in [-0.4, -0.2) is 17.6 Å². The summed E-state index contributed by atoms with van der Waals surface area (Å²) in [6.07, 6.45) is 1.88. The number of aromatic nitrogens is 1. The first-order valence-corrected chi connectivity index (χ1v) is 8.64. The van der Waals surface area contributed by atoms with Gasteiger partial charge in [0.1, 0.15) is 5.69 Å². The molecule has 3 rings (SSSR count). The van der Waals surface area contributed by atoms with E-state index in [1.807, 2.05) is 41.1 Å². The van der Waals surface area contributed by atoms with Crippen LogP contribution in [0.5, 0.6) is 0 Å². The maximum absolute atomic E-state index is 12.2. The molecule has 3 aromatic rings. The lowest BCUT2D eigenvalue weighted by Gasteiger charge is -2.10. The number of nitrogens with two attached hydrogens (primary N) is 1. The van der Waals surface area contributed by atoms with Gasteiger partial charge in [0.2, 0.25) is 0 Å². The molecule has 0 bridgehead atoms.